The first-order valence-electron chi connectivity index (χ1n) is 3.30. The number of hydrogen-bond donors (Lipinski definition) is 2. The van der Waals surface area contributed by atoms with Crippen LogP contribution in [0.25, 0.3) is 0 Å². The van der Waals surface area contributed by atoms with Gasteiger partial charge in [-0.15, -0.1) is 0 Å². The lowest BCUT2D eigenvalue weighted by Gasteiger charge is -2.05. The van der Waals surface area contributed by atoms with Crippen molar-refractivity contribution in [3.63, 3.8) is 0 Å². The summed E-state index contributed by atoms with van der Waals surface area (Å²) in [5, 5.41) is 11.6. The van der Waals surface area contributed by atoms with Crippen LogP contribution in [0.15, 0.2) is 12.2 Å². The molecule has 9 heavy (non-hydrogen) atoms. The topological polar surface area (TPSA) is 32.3 Å². The Morgan fingerprint density at radius 3 is 2.67 bits per heavy atom. The van der Waals surface area contributed by atoms with Gasteiger partial charge in [-0.1, -0.05) is 19.1 Å². The molecule has 0 aromatic rings. The third-order valence-electron chi connectivity index (χ3n) is 1.17. The lowest BCUT2D eigenvalue weighted by Crippen LogP contribution is -2.26. The van der Waals surface area contributed by atoms with Crippen LogP contribution in [0.1, 0.15) is 13.3 Å². The minimum absolute atomic E-state index is 0.130. The molecule has 0 aliphatic rings. The molecule has 2 N–H and O–H groups in total. The molecule has 0 amide bonds. The molecule has 0 aromatic carbocycles. The van der Waals surface area contributed by atoms with Crippen molar-refractivity contribution in [2.24, 2.45) is 0 Å². The van der Waals surface area contributed by atoms with E-state index in [2.05, 4.69) is 12.2 Å². The third-order valence-corrected chi connectivity index (χ3v) is 1.17. The number of aliphatic hydroxyl groups excluding tert-OH is 1. The molecule has 0 saturated carbocycles. The lowest BCUT2D eigenvalue weighted by molar-refractivity contribution is 0.270. The molecule has 54 valence electrons. The third kappa shape index (κ3) is 4.18. The molecule has 2 heteroatoms. The van der Waals surface area contributed by atoms with E-state index in [1.165, 1.54) is 0 Å². The van der Waals surface area contributed by atoms with Crippen molar-refractivity contribution < 1.29 is 5.11 Å². The van der Waals surface area contributed by atoms with Crippen LogP contribution in [0.3, 0.4) is 0 Å². The smallest absolute Gasteiger partial charge is 0.0620 e. The van der Waals surface area contributed by atoms with Gasteiger partial charge in [0, 0.05) is 6.04 Å². The van der Waals surface area contributed by atoms with Crippen LogP contribution in [0, 0.1) is 0 Å². The minimum Gasteiger partial charge on any atom is -0.394 e. The summed E-state index contributed by atoms with van der Waals surface area (Å²) in [4.78, 5) is 0. The van der Waals surface area contributed by atoms with Crippen molar-refractivity contribution >= 4 is 0 Å². The summed E-state index contributed by atoms with van der Waals surface area (Å²) < 4.78 is 0. The maximum atomic E-state index is 8.64. The highest BCUT2D eigenvalue weighted by Gasteiger charge is 1.94. The second kappa shape index (κ2) is 5.79. The molecule has 0 radical (unpaired) electrons. The summed E-state index contributed by atoms with van der Waals surface area (Å²) in [5.41, 5.74) is 0. The van der Waals surface area contributed by atoms with Crippen molar-refractivity contribution in [2.45, 2.75) is 19.4 Å². The summed E-state index contributed by atoms with van der Waals surface area (Å²) in [7, 11) is 1.83. The Morgan fingerprint density at radius 2 is 2.33 bits per heavy atom. The van der Waals surface area contributed by atoms with Crippen LogP contribution in [-0.4, -0.2) is 24.8 Å². The molecular weight excluding hydrogens is 114 g/mol. The summed E-state index contributed by atoms with van der Waals surface area (Å²) >= 11 is 0. The summed E-state index contributed by atoms with van der Waals surface area (Å²) in [6.07, 6.45) is 5.04. The average Bonchev–Trinajstić information content (AvgIpc) is 1.91. The Morgan fingerprint density at radius 1 is 1.67 bits per heavy atom. The Hall–Kier alpha value is -0.340. The zero-order valence-corrected chi connectivity index (χ0v) is 6.09. The van der Waals surface area contributed by atoms with E-state index in [4.69, 9.17) is 5.11 Å². The monoisotopic (exact) mass is 129 g/mol. The van der Waals surface area contributed by atoms with Crippen LogP contribution < -0.4 is 5.32 Å². The molecule has 2 nitrogen and oxygen atoms in total. The maximum absolute atomic E-state index is 8.64. The zero-order valence-electron chi connectivity index (χ0n) is 6.09. The maximum Gasteiger partial charge on any atom is 0.0620 e. The van der Waals surface area contributed by atoms with Gasteiger partial charge in [0.2, 0.25) is 0 Å². The molecule has 1 atom stereocenters. The number of hydrogen-bond acceptors (Lipinski definition) is 2. The highest BCUT2D eigenvalue weighted by molar-refractivity contribution is 4.91. The van der Waals surface area contributed by atoms with Crippen LogP contribution in [0.4, 0.5) is 0 Å². The van der Waals surface area contributed by atoms with E-state index in [1.807, 2.05) is 19.2 Å². The molecule has 0 aliphatic heterocycles. The highest BCUT2D eigenvalue weighted by atomic mass is 16.3. The molecule has 0 spiro atoms. The Balaban J connectivity index is 3.41. The SMILES string of the molecule is CCC=CC(CO)NC. The Bertz CT molecular complexity index is 77.0. The van der Waals surface area contributed by atoms with Gasteiger partial charge in [-0.2, -0.15) is 0 Å². The van der Waals surface area contributed by atoms with Gasteiger partial charge in [0.05, 0.1) is 6.61 Å². The number of aliphatic hydroxyl groups is 1. The zero-order chi connectivity index (χ0) is 7.11. The molecule has 0 fully saturated rings. The number of likely N-dealkylation sites (N-methyl/N-ethyl adjacent to an activating group) is 1. The first-order valence-corrected chi connectivity index (χ1v) is 3.30. The standard InChI is InChI=1S/C7H15NO/c1-3-4-5-7(6-9)8-2/h4-5,7-9H,3,6H2,1-2H3. The molecule has 0 bridgehead atoms. The van der Waals surface area contributed by atoms with Gasteiger partial charge in [0.15, 0.2) is 0 Å². The molecule has 0 heterocycles. The molecule has 0 saturated heterocycles. The van der Waals surface area contributed by atoms with E-state index >= 15 is 0 Å². The predicted molar refractivity (Wildman–Crippen MR) is 39.4 cm³/mol. The summed E-state index contributed by atoms with van der Waals surface area (Å²) in [6, 6.07) is 0.130. The predicted octanol–water partition coefficient (Wildman–Crippen LogP) is 0.533. The highest BCUT2D eigenvalue weighted by Crippen LogP contribution is 1.85. The molecule has 0 aromatic heterocycles. The van der Waals surface area contributed by atoms with E-state index in [9.17, 15) is 0 Å². The van der Waals surface area contributed by atoms with E-state index < -0.39 is 0 Å². The lowest BCUT2D eigenvalue weighted by atomic mass is 10.2. The summed E-state index contributed by atoms with van der Waals surface area (Å²) in [5.74, 6) is 0. The van der Waals surface area contributed by atoms with Crippen LogP contribution in [0.5, 0.6) is 0 Å². The number of allylic oxidation sites excluding steroid dienone is 1. The van der Waals surface area contributed by atoms with Crippen molar-refractivity contribution in [2.75, 3.05) is 13.7 Å². The minimum atomic E-state index is 0.130. The number of rotatable bonds is 4. The van der Waals surface area contributed by atoms with Crippen LogP contribution >= 0.6 is 0 Å². The van der Waals surface area contributed by atoms with Gasteiger partial charge in [-0.25, -0.2) is 0 Å². The van der Waals surface area contributed by atoms with Crippen molar-refractivity contribution in [1.29, 1.82) is 0 Å². The van der Waals surface area contributed by atoms with E-state index in [0.29, 0.717) is 0 Å². The molecule has 0 rings (SSSR count). The normalized spacial score (nSPS) is 14.6. The molecular formula is C7H15NO. The van der Waals surface area contributed by atoms with Crippen LogP contribution in [-0.2, 0) is 0 Å². The van der Waals surface area contributed by atoms with Gasteiger partial charge in [-0.05, 0) is 13.5 Å². The van der Waals surface area contributed by atoms with Gasteiger partial charge in [-0.3, -0.25) is 0 Å². The Kier molecular flexibility index (Phi) is 5.57. The first kappa shape index (κ1) is 8.66. The Labute approximate surface area is 56.6 Å². The largest absolute Gasteiger partial charge is 0.394 e. The molecule has 0 aliphatic carbocycles. The fraction of sp³-hybridized carbons (Fsp3) is 0.714. The first-order chi connectivity index (χ1) is 4.35. The van der Waals surface area contributed by atoms with Gasteiger partial charge >= 0.3 is 0 Å². The van der Waals surface area contributed by atoms with E-state index in [-0.39, 0.29) is 12.6 Å². The summed E-state index contributed by atoms with van der Waals surface area (Å²) in [6.45, 7) is 2.24. The second-order valence-corrected chi connectivity index (χ2v) is 1.91. The van der Waals surface area contributed by atoms with Crippen molar-refractivity contribution in [3.05, 3.63) is 12.2 Å². The van der Waals surface area contributed by atoms with Gasteiger partial charge in [0.1, 0.15) is 0 Å². The fourth-order valence-electron chi connectivity index (χ4n) is 0.549. The fourth-order valence-corrected chi connectivity index (χ4v) is 0.549. The molecule has 1 unspecified atom stereocenters. The average molecular weight is 129 g/mol. The van der Waals surface area contributed by atoms with Gasteiger partial charge < -0.3 is 10.4 Å². The van der Waals surface area contributed by atoms with Crippen molar-refractivity contribution in [1.82, 2.24) is 5.32 Å². The second-order valence-electron chi connectivity index (χ2n) is 1.91. The van der Waals surface area contributed by atoms with E-state index in [1.54, 1.807) is 0 Å². The van der Waals surface area contributed by atoms with Crippen LogP contribution in [0.2, 0.25) is 0 Å². The number of nitrogens with one attached hydrogen (secondary N) is 1. The van der Waals surface area contributed by atoms with Crippen molar-refractivity contribution in [3.8, 4) is 0 Å². The van der Waals surface area contributed by atoms with Gasteiger partial charge in [0.25, 0.3) is 0 Å². The quantitative estimate of drug-likeness (QED) is 0.543. The van der Waals surface area contributed by atoms with E-state index in [0.717, 1.165) is 6.42 Å².